The third-order valence-corrected chi connectivity index (χ3v) is 5.22. The molecular weight excluding hydrogens is 383 g/mol. The molecule has 1 N–H and O–H groups in total. The highest BCUT2D eigenvalue weighted by atomic mass is 35.5. The van der Waals surface area contributed by atoms with E-state index in [1.807, 2.05) is 0 Å². The van der Waals surface area contributed by atoms with Crippen LogP contribution in [0.15, 0.2) is 53.6 Å². The molecule has 4 rings (SSSR count). The normalized spacial score (nSPS) is 15.0. The number of nitrogens with zero attached hydrogens (tertiary/aromatic N) is 3. The van der Waals surface area contributed by atoms with E-state index in [2.05, 4.69) is 10.3 Å². The average molecular weight is 401 g/mol. The van der Waals surface area contributed by atoms with Gasteiger partial charge in [0.25, 0.3) is 5.56 Å². The van der Waals surface area contributed by atoms with E-state index in [0.717, 1.165) is 0 Å². The number of amides is 2. The van der Waals surface area contributed by atoms with Crippen LogP contribution in [-0.4, -0.2) is 33.6 Å². The minimum absolute atomic E-state index is 0.0294. The number of carbonyl (C=O) groups is 1. The van der Waals surface area contributed by atoms with Crippen LogP contribution in [0.4, 0.5) is 14.9 Å². The van der Waals surface area contributed by atoms with Gasteiger partial charge in [-0.3, -0.25) is 9.36 Å². The van der Waals surface area contributed by atoms with Gasteiger partial charge < -0.3 is 10.2 Å². The van der Waals surface area contributed by atoms with E-state index in [4.69, 9.17) is 11.6 Å². The molecule has 0 spiro atoms. The summed E-state index contributed by atoms with van der Waals surface area (Å²) in [5, 5.41) is 3.75. The Hall–Kier alpha value is -2.93. The van der Waals surface area contributed by atoms with Gasteiger partial charge in [-0.1, -0.05) is 11.6 Å². The van der Waals surface area contributed by atoms with Crippen LogP contribution >= 0.6 is 11.6 Å². The Kier molecular flexibility index (Phi) is 5.00. The van der Waals surface area contributed by atoms with Gasteiger partial charge in [-0.2, -0.15) is 0 Å². The molecule has 0 aliphatic carbocycles. The third kappa shape index (κ3) is 3.71. The highest BCUT2D eigenvalue weighted by molar-refractivity contribution is 6.31. The van der Waals surface area contributed by atoms with Gasteiger partial charge in [0.1, 0.15) is 5.82 Å². The zero-order valence-corrected chi connectivity index (χ0v) is 15.7. The highest BCUT2D eigenvalue weighted by Gasteiger charge is 2.25. The fraction of sp³-hybridized carbons (Fsp3) is 0.250. The Bertz CT molecular complexity index is 1080. The monoisotopic (exact) mass is 400 g/mol. The fourth-order valence-electron chi connectivity index (χ4n) is 3.45. The first-order valence-electron chi connectivity index (χ1n) is 8.99. The van der Waals surface area contributed by atoms with Crippen molar-refractivity contribution in [3.63, 3.8) is 0 Å². The lowest BCUT2D eigenvalue weighted by molar-refractivity contribution is 0.182. The first-order chi connectivity index (χ1) is 13.5. The first kappa shape index (κ1) is 18.4. The van der Waals surface area contributed by atoms with Crippen molar-refractivity contribution in [2.45, 2.75) is 18.9 Å². The van der Waals surface area contributed by atoms with E-state index < -0.39 is 0 Å². The van der Waals surface area contributed by atoms with Crippen molar-refractivity contribution in [3.05, 3.63) is 70.0 Å². The van der Waals surface area contributed by atoms with E-state index in [0.29, 0.717) is 47.5 Å². The van der Waals surface area contributed by atoms with E-state index in [1.54, 1.807) is 34.0 Å². The number of likely N-dealkylation sites (tertiary alicyclic amines) is 1. The van der Waals surface area contributed by atoms with E-state index >= 15 is 0 Å². The molecule has 144 valence electrons. The Balaban J connectivity index is 1.44. The summed E-state index contributed by atoms with van der Waals surface area (Å²) < 4.78 is 14.6. The summed E-state index contributed by atoms with van der Waals surface area (Å²) in [6, 6.07) is 10.4. The number of fused-ring (bicyclic) bond motifs is 1. The Labute approximate surface area is 165 Å². The number of aromatic nitrogens is 2. The first-order valence-corrected chi connectivity index (χ1v) is 9.37. The van der Waals surface area contributed by atoms with E-state index in [1.165, 1.54) is 24.3 Å². The predicted molar refractivity (Wildman–Crippen MR) is 106 cm³/mol. The van der Waals surface area contributed by atoms with E-state index in [9.17, 15) is 14.0 Å². The zero-order valence-electron chi connectivity index (χ0n) is 14.9. The summed E-state index contributed by atoms with van der Waals surface area (Å²) in [4.78, 5) is 31.3. The van der Waals surface area contributed by atoms with Crippen LogP contribution in [0.3, 0.4) is 0 Å². The molecule has 2 aromatic carbocycles. The summed E-state index contributed by atoms with van der Waals surface area (Å²) >= 11 is 6.01. The number of anilines is 1. The zero-order chi connectivity index (χ0) is 19.7. The van der Waals surface area contributed by atoms with Crippen molar-refractivity contribution in [1.82, 2.24) is 14.5 Å². The van der Waals surface area contributed by atoms with Gasteiger partial charge >= 0.3 is 6.03 Å². The maximum Gasteiger partial charge on any atom is 0.321 e. The van der Waals surface area contributed by atoms with Crippen molar-refractivity contribution in [3.8, 4) is 0 Å². The molecule has 0 atom stereocenters. The van der Waals surface area contributed by atoms with Gasteiger partial charge in [0.15, 0.2) is 0 Å². The maximum atomic E-state index is 13.0. The molecule has 0 unspecified atom stereocenters. The molecular formula is C20H18ClFN4O2. The molecule has 0 bridgehead atoms. The fourth-order valence-corrected chi connectivity index (χ4v) is 3.62. The van der Waals surface area contributed by atoms with Crippen LogP contribution in [0.25, 0.3) is 10.9 Å². The van der Waals surface area contributed by atoms with Crippen molar-refractivity contribution in [2.75, 3.05) is 18.4 Å². The van der Waals surface area contributed by atoms with Crippen LogP contribution in [0.2, 0.25) is 5.02 Å². The van der Waals surface area contributed by atoms with Gasteiger partial charge in [0.2, 0.25) is 0 Å². The van der Waals surface area contributed by atoms with Crippen molar-refractivity contribution in [2.24, 2.45) is 0 Å². The summed E-state index contributed by atoms with van der Waals surface area (Å²) in [7, 11) is 0. The number of nitrogens with one attached hydrogen (secondary N) is 1. The molecule has 8 heteroatoms. The molecule has 1 saturated heterocycles. The lowest BCUT2D eigenvalue weighted by Crippen LogP contribution is -2.42. The van der Waals surface area contributed by atoms with Gasteiger partial charge in [-0.25, -0.2) is 14.2 Å². The number of hydrogen-bond donors (Lipinski definition) is 1. The molecule has 28 heavy (non-hydrogen) atoms. The molecule has 0 saturated carbocycles. The molecule has 6 nitrogen and oxygen atoms in total. The van der Waals surface area contributed by atoms with Crippen LogP contribution in [0.1, 0.15) is 18.9 Å². The summed E-state index contributed by atoms with van der Waals surface area (Å²) in [5.41, 5.74) is 1.03. The molecule has 2 amide bonds. The Morgan fingerprint density at radius 3 is 2.57 bits per heavy atom. The second-order valence-corrected chi connectivity index (χ2v) is 7.21. The molecule has 2 heterocycles. The summed E-state index contributed by atoms with van der Waals surface area (Å²) in [6.07, 6.45) is 2.85. The lowest BCUT2D eigenvalue weighted by Gasteiger charge is -2.32. The Morgan fingerprint density at radius 2 is 1.86 bits per heavy atom. The Morgan fingerprint density at radius 1 is 1.14 bits per heavy atom. The van der Waals surface area contributed by atoms with Crippen molar-refractivity contribution in [1.29, 1.82) is 0 Å². The molecule has 0 radical (unpaired) electrons. The topological polar surface area (TPSA) is 67.2 Å². The molecule has 1 aromatic heterocycles. The smallest absolute Gasteiger partial charge is 0.321 e. The van der Waals surface area contributed by atoms with Gasteiger partial charge in [-0.15, -0.1) is 0 Å². The molecule has 1 fully saturated rings. The highest BCUT2D eigenvalue weighted by Crippen LogP contribution is 2.23. The number of carbonyl (C=O) groups excluding carboxylic acids is 1. The predicted octanol–water partition coefficient (Wildman–Crippen LogP) is 4.06. The number of halogens is 2. The van der Waals surface area contributed by atoms with Gasteiger partial charge in [-0.05, 0) is 55.3 Å². The van der Waals surface area contributed by atoms with Crippen LogP contribution < -0.4 is 10.9 Å². The van der Waals surface area contributed by atoms with Crippen LogP contribution in [-0.2, 0) is 0 Å². The second kappa shape index (κ2) is 7.59. The summed E-state index contributed by atoms with van der Waals surface area (Å²) in [5.74, 6) is -0.352. The van der Waals surface area contributed by atoms with E-state index in [-0.39, 0.29) is 23.4 Å². The molecule has 1 aliphatic rings. The minimum atomic E-state index is -0.352. The second-order valence-electron chi connectivity index (χ2n) is 6.77. The largest absolute Gasteiger partial charge is 0.324 e. The van der Waals surface area contributed by atoms with Crippen molar-refractivity contribution < 1.29 is 9.18 Å². The third-order valence-electron chi connectivity index (χ3n) is 4.99. The van der Waals surface area contributed by atoms with Gasteiger partial charge in [0, 0.05) is 29.8 Å². The number of piperidine rings is 1. The summed E-state index contributed by atoms with van der Waals surface area (Å²) in [6.45, 7) is 1.02. The number of rotatable bonds is 2. The quantitative estimate of drug-likeness (QED) is 0.705. The lowest BCUT2D eigenvalue weighted by atomic mass is 10.0. The van der Waals surface area contributed by atoms with Gasteiger partial charge in [0.05, 0.1) is 17.2 Å². The minimum Gasteiger partial charge on any atom is -0.324 e. The van der Waals surface area contributed by atoms with Crippen LogP contribution in [0, 0.1) is 5.82 Å². The maximum absolute atomic E-state index is 13.0. The van der Waals surface area contributed by atoms with Crippen LogP contribution in [0.5, 0.6) is 0 Å². The number of urea groups is 1. The van der Waals surface area contributed by atoms with Crippen molar-refractivity contribution >= 4 is 34.2 Å². The standard InChI is InChI=1S/C20H18ClFN4O2/c21-13-1-6-18-17(11-13)19(27)26(12-23-18)16-7-9-25(10-8-16)20(28)24-15-4-2-14(22)3-5-15/h1-6,11-12,16H,7-10H2,(H,24,28). The SMILES string of the molecule is O=C(Nc1ccc(F)cc1)N1CCC(n2cnc3ccc(Cl)cc3c2=O)CC1. The number of hydrogen-bond acceptors (Lipinski definition) is 3. The average Bonchev–Trinajstić information content (AvgIpc) is 2.71. The molecule has 1 aliphatic heterocycles. The number of benzene rings is 2. The molecule has 3 aromatic rings.